The summed E-state index contributed by atoms with van der Waals surface area (Å²) >= 11 is 0. The van der Waals surface area contributed by atoms with Gasteiger partial charge in [0.1, 0.15) is 11.5 Å². The Balaban J connectivity index is 1.93. The van der Waals surface area contributed by atoms with E-state index in [-0.39, 0.29) is 11.6 Å². The van der Waals surface area contributed by atoms with E-state index in [0.717, 1.165) is 0 Å². The van der Waals surface area contributed by atoms with Crippen LogP contribution in [0.25, 0.3) is 6.08 Å². The van der Waals surface area contributed by atoms with Crippen molar-refractivity contribution in [3.05, 3.63) is 59.7 Å². The molecule has 1 aromatic heterocycles. The first-order valence-electron chi connectivity index (χ1n) is 5.97. The Hall–Kier alpha value is -2.82. The smallest absolute Gasteiger partial charge is 0.363 e. The highest BCUT2D eigenvalue weighted by Crippen LogP contribution is 2.21. The maximum absolute atomic E-state index is 11.8. The van der Waals surface area contributed by atoms with Crippen molar-refractivity contribution in [2.75, 3.05) is 7.11 Å². The van der Waals surface area contributed by atoms with Crippen molar-refractivity contribution < 1.29 is 18.7 Å². The van der Waals surface area contributed by atoms with E-state index >= 15 is 0 Å². The molecule has 100 valence electrons. The minimum absolute atomic E-state index is 0.206. The number of benzene rings is 1. The second-order valence-corrected chi connectivity index (χ2v) is 4.08. The van der Waals surface area contributed by atoms with E-state index in [0.29, 0.717) is 17.1 Å². The van der Waals surface area contributed by atoms with E-state index in [1.807, 2.05) is 0 Å². The summed E-state index contributed by atoms with van der Waals surface area (Å²) in [5, 5.41) is 0. The number of nitrogens with zero attached hydrogens (tertiary/aromatic N) is 1. The molecule has 20 heavy (non-hydrogen) atoms. The molecule has 0 saturated carbocycles. The van der Waals surface area contributed by atoms with Crippen molar-refractivity contribution in [2.24, 2.45) is 4.99 Å². The van der Waals surface area contributed by atoms with Gasteiger partial charge in [0.15, 0.2) is 5.70 Å². The molecule has 2 aromatic rings. The van der Waals surface area contributed by atoms with Crippen LogP contribution in [0, 0.1) is 0 Å². The van der Waals surface area contributed by atoms with Crippen LogP contribution in [0.15, 0.2) is 57.8 Å². The van der Waals surface area contributed by atoms with Crippen molar-refractivity contribution in [1.29, 1.82) is 0 Å². The number of esters is 1. The molecule has 0 saturated heterocycles. The normalized spacial score (nSPS) is 16.1. The number of carbonyl (C=O) groups is 1. The van der Waals surface area contributed by atoms with Gasteiger partial charge >= 0.3 is 5.97 Å². The van der Waals surface area contributed by atoms with Crippen LogP contribution in [0.4, 0.5) is 0 Å². The first-order chi connectivity index (χ1) is 9.76. The standard InChI is InChI=1S/C15H11NO4/c1-18-11-5-2-4-10(8-11)14-16-13(15(17)20-14)9-12-6-3-7-19-12/h2-9H,1H3/b13-9-. The van der Waals surface area contributed by atoms with Gasteiger partial charge in [0, 0.05) is 11.6 Å². The summed E-state index contributed by atoms with van der Waals surface area (Å²) in [6, 6.07) is 10.6. The Morgan fingerprint density at radius 3 is 2.90 bits per heavy atom. The fourth-order valence-electron chi connectivity index (χ4n) is 1.80. The zero-order valence-corrected chi connectivity index (χ0v) is 10.7. The lowest BCUT2D eigenvalue weighted by Crippen LogP contribution is -2.05. The van der Waals surface area contributed by atoms with E-state index < -0.39 is 5.97 Å². The van der Waals surface area contributed by atoms with Gasteiger partial charge in [0.2, 0.25) is 5.90 Å². The second kappa shape index (κ2) is 5.05. The van der Waals surface area contributed by atoms with E-state index in [2.05, 4.69) is 4.99 Å². The summed E-state index contributed by atoms with van der Waals surface area (Å²) in [5.74, 6) is 0.975. The fourth-order valence-corrected chi connectivity index (χ4v) is 1.80. The molecule has 0 N–H and O–H groups in total. The van der Waals surface area contributed by atoms with Gasteiger partial charge in [0.25, 0.3) is 0 Å². The zero-order valence-electron chi connectivity index (χ0n) is 10.7. The molecule has 0 aliphatic carbocycles. The lowest BCUT2D eigenvalue weighted by Gasteiger charge is -2.02. The molecule has 0 bridgehead atoms. The lowest BCUT2D eigenvalue weighted by molar-refractivity contribution is -0.129. The van der Waals surface area contributed by atoms with E-state index in [1.54, 1.807) is 43.5 Å². The molecule has 5 heteroatoms. The van der Waals surface area contributed by atoms with Crippen molar-refractivity contribution in [1.82, 2.24) is 0 Å². The predicted octanol–water partition coefficient (Wildman–Crippen LogP) is 2.63. The number of aliphatic imine (C=N–C) groups is 1. The summed E-state index contributed by atoms with van der Waals surface area (Å²) in [7, 11) is 1.57. The van der Waals surface area contributed by atoms with E-state index in [9.17, 15) is 4.79 Å². The number of furan rings is 1. The fraction of sp³-hybridized carbons (Fsp3) is 0.0667. The Morgan fingerprint density at radius 1 is 1.25 bits per heavy atom. The third-order valence-electron chi connectivity index (χ3n) is 2.76. The Labute approximate surface area is 115 Å². The number of ether oxygens (including phenoxy) is 2. The number of carbonyl (C=O) groups excluding carboxylic acids is 1. The highest BCUT2D eigenvalue weighted by molar-refractivity contribution is 6.12. The largest absolute Gasteiger partial charge is 0.497 e. The molecule has 0 unspecified atom stereocenters. The van der Waals surface area contributed by atoms with Crippen molar-refractivity contribution in [2.45, 2.75) is 0 Å². The van der Waals surface area contributed by atoms with Crippen LogP contribution in [0.3, 0.4) is 0 Å². The third-order valence-corrected chi connectivity index (χ3v) is 2.76. The predicted molar refractivity (Wildman–Crippen MR) is 72.3 cm³/mol. The second-order valence-electron chi connectivity index (χ2n) is 4.08. The number of hydrogen-bond donors (Lipinski definition) is 0. The number of rotatable bonds is 3. The van der Waals surface area contributed by atoms with Crippen LogP contribution in [-0.2, 0) is 9.53 Å². The molecule has 5 nitrogen and oxygen atoms in total. The van der Waals surface area contributed by atoms with Gasteiger partial charge in [-0.25, -0.2) is 9.79 Å². The molecular weight excluding hydrogens is 258 g/mol. The van der Waals surface area contributed by atoms with Gasteiger partial charge in [-0.05, 0) is 30.3 Å². The van der Waals surface area contributed by atoms with Gasteiger partial charge in [-0.3, -0.25) is 0 Å². The van der Waals surface area contributed by atoms with Crippen LogP contribution in [-0.4, -0.2) is 19.0 Å². The van der Waals surface area contributed by atoms with Crippen molar-refractivity contribution in [3.8, 4) is 5.75 Å². The minimum atomic E-state index is -0.501. The molecule has 0 atom stereocenters. The quantitative estimate of drug-likeness (QED) is 0.634. The molecule has 3 rings (SSSR count). The highest BCUT2D eigenvalue weighted by Gasteiger charge is 2.24. The van der Waals surface area contributed by atoms with Gasteiger partial charge < -0.3 is 13.9 Å². The molecule has 1 aliphatic heterocycles. The van der Waals surface area contributed by atoms with Crippen LogP contribution >= 0.6 is 0 Å². The summed E-state index contributed by atoms with van der Waals surface area (Å²) in [6.45, 7) is 0. The average molecular weight is 269 g/mol. The van der Waals surface area contributed by atoms with Gasteiger partial charge in [-0.1, -0.05) is 6.07 Å². The average Bonchev–Trinajstić information content (AvgIpc) is 3.10. The van der Waals surface area contributed by atoms with Crippen LogP contribution < -0.4 is 4.74 Å². The minimum Gasteiger partial charge on any atom is -0.497 e. The first kappa shape index (κ1) is 12.2. The summed E-state index contributed by atoms with van der Waals surface area (Å²) in [4.78, 5) is 15.9. The molecule has 1 aliphatic rings. The van der Waals surface area contributed by atoms with Crippen LogP contribution in [0.2, 0.25) is 0 Å². The number of hydrogen-bond acceptors (Lipinski definition) is 5. The van der Waals surface area contributed by atoms with Gasteiger partial charge in [-0.15, -0.1) is 0 Å². The van der Waals surface area contributed by atoms with E-state index in [1.165, 1.54) is 12.3 Å². The number of cyclic esters (lactones) is 1. The Kier molecular flexibility index (Phi) is 3.09. The molecule has 2 heterocycles. The highest BCUT2D eigenvalue weighted by atomic mass is 16.6. The topological polar surface area (TPSA) is 61.0 Å². The first-order valence-corrected chi connectivity index (χ1v) is 5.97. The maximum atomic E-state index is 11.8. The van der Waals surface area contributed by atoms with Crippen LogP contribution in [0.1, 0.15) is 11.3 Å². The SMILES string of the molecule is COc1cccc(C2=N/C(=C\c3ccco3)C(=O)O2)c1. The monoisotopic (exact) mass is 269 g/mol. The van der Waals surface area contributed by atoms with E-state index in [4.69, 9.17) is 13.9 Å². The molecule has 0 radical (unpaired) electrons. The number of methoxy groups -OCH3 is 1. The lowest BCUT2D eigenvalue weighted by atomic mass is 10.2. The Bertz CT molecular complexity index is 698. The van der Waals surface area contributed by atoms with Gasteiger partial charge in [0.05, 0.1) is 13.4 Å². The van der Waals surface area contributed by atoms with Crippen LogP contribution in [0.5, 0.6) is 5.75 Å². The van der Waals surface area contributed by atoms with Crippen molar-refractivity contribution >= 4 is 17.9 Å². The maximum Gasteiger partial charge on any atom is 0.363 e. The summed E-state index contributed by atoms with van der Waals surface area (Å²) in [6.07, 6.45) is 3.06. The summed E-state index contributed by atoms with van der Waals surface area (Å²) in [5.41, 5.74) is 0.887. The molecule has 0 amide bonds. The molecule has 0 spiro atoms. The Morgan fingerprint density at radius 2 is 2.15 bits per heavy atom. The summed E-state index contributed by atoms with van der Waals surface area (Å²) < 4.78 is 15.4. The molecule has 1 aromatic carbocycles. The molecular formula is C15H11NO4. The molecule has 0 fully saturated rings. The van der Waals surface area contributed by atoms with Crippen molar-refractivity contribution in [3.63, 3.8) is 0 Å². The third kappa shape index (κ3) is 2.33. The zero-order chi connectivity index (χ0) is 13.9. The van der Waals surface area contributed by atoms with Gasteiger partial charge in [-0.2, -0.15) is 0 Å².